The topological polar surface area (TPSA) is 12.9 Å². The van der Waals surface area contributed by atoms with Crippen molar-refractivity contribution in [3.8, 4) is 0 Å². The minimum absolute atomic E-state index is 0.418. The van der Waals surface area contributed by atoms with Gasteiger partial charge in [-0.25, -0.2) is 0 Å². The van der Waals surface area contributed by atoms with Crippen LogP contribution >= 0.6 is 23.2 Å². The third-order valence-corrected chi connectivity index (χ3v) is 1.60. The van der Waals surface area contributed by atoms with Crippen molar-refractivity contribution >= 4 is 23.2 Å². The largest absolute Gasteiger partial charge is 0.257 e. The molecule has 0 amide bonds. The Hall–Kier alpha value is -0.270. The number of pyridine rings is 1. The molecule has 1 rings (SSSR count). The van der Waals surface area contributed by atoms with E-state index >= 15 is 0 Å². The summed E-state index contributed by atoms with van der Waals surface area (Å²) in [6.45, 7) is 1.89. The lowest BCUT2D eigenvalue weighted by atomic mass is 10.3. The van der Waals surface area contributed by atoms with Crippen LogP contribution in [0.3, 0.4) is 0 Å². The van der Waals surface area contributed by atoms with Crippen LogP contribution in [-0.4, -0.2) is 4.98 Å². The molecular weight excluding hydrogens is 169 g/mol. The summed E-state index contributed by atoms with van der Waals surface area (Å²) in [5, 5.41) is 0.697. The van der Waals surface area contributed by atoms with E-state index in [-0.39, 0.29) is 0 Å². The van der Waals surface area contributed by atoms with E-state index in [0.29, 0.717) is 10.9 Å². The van der Waals surface area contributed by atoms with Crippen LogP contribution in [0.4, 0.5) is 0 Å². The smallest absolute Gasteiger partial charge is 0.0647 e. The van der Waals surface area contributed by atoms with Gasteiger partial charge in [-0.2, -0.15) is 0 Å². The van der Waals surface area contributed by atoms with Gasteiger partial charge in [-0.05, 0) is 19.1 Å². The predicted octanol–water partition coefficient (Wildman–Crippen LogP) is 2.78. The molecule has 1 nitrogen and oxygen atoms in total. The van der Waals surface area contributed by atoms with Gasteiger partial charge in [-0.15, -0.1) is 11.6 Å². The second kappa shape index (κ2) is 3.22. The predicted molar refractivity (Wildman–Crippen MR) is 43.5 cm³/mol. The molecule has 3 heteroatoms. The molecule has 54 valence electrons. The van der Waals surface area contributed by atoms with Crippen molar-refractivity contribution in [2.45, 2.75) is 12.8 Å². The van der Waals surface area contributed by atoms with Crippen molar-refractivity contribution in [3.05, 3.63) is 28.5 Å². The number of nitrogens with zero attached hydrogens (tertiary/aromatic N) is 1. The van der Waals surface area contributed by atoms with E-state index in [2.05, 4.69) is 4.98 Å². The van der Waals surface area contributed by atoms with E-state index in [4.69, 9.17) is 23.2 Å². The Bertz CT molecular complexity index is 215. The molecule has 0 spiro atoms. The van der Waals surface area contributed by atoms with Crippen molar-refractivity contribution in [3.63, 3.8) is 0 Å². The second-order valence-electron chi connectivity index (χ2n) is 2.05. The first-order valence-electron chi connectivity index (χ1n) is 2.91. The average molecular weight is 176 g/mol. The lowest BCUT2D eigenvalue weighted by Crippen LogP contribution is -1.87. The van der Waals surface area contributed by atoms with Crippen LogP contribution in [0.5, 0.6) is 0 Å². The van der Waals surface area contributed by atoms with Gasteiger partial charge in [-0.3, -0.25) is 4.98 Å². The molecule has 1 aromatic heterocycles. The Balaban J connectivity index is 3.06. The molecule has 0 aromatic carbocycles. The van der Waals surface area contributed by atoms with Gasteiger partial charge in [0.25, 0.3) is 0 Å². The zero-order chi connectivity index (χ0) is 7.56. The van der Waals surface area contributed by atoms with E-state index in [1.54, 1.807) is 12.1 Å². The highest BCUT2D eigenvalue weighted by Crippen LogP contribution is 2.12. The lowest BCUT2D eigenvalue weighted by Gasteiger charge is -1.97. The number of halogens is 2. The van der Waals surface area contributed by atoms with Crippen molar-refractivity contribution in [2.24, 2.45) is 0 Å². The molecule has 0 atom stereocenters. The standard InChI is InChI=1S/C7H7Cl2N/c1-5-2-6(9)3-7(4-8)10-5/h2-3H,4H2,1H3. The van der Waals surface area contributed by atoms with E-state index in [9.17, 15) is 0 Å². The molecule has 0 N–H and O–H groups in total. The Morgan fingerprint density at radius 1 is 1.50 bits per heavy atom. The third kappa shape index (κ3) is 1.86. The van der Waals surface area contributed by atoms with Gasteiger partial charge in [0.05, 0.1) is 11.6 Å². The zero-order valence-electron chi connectivity index (χ0n) is 5.56. The fourth-order valence-corrected chi connectivity index (χ4v) is 1.18. The van der Waals surface area contributed by atoms with Gasteiger partial charge in [0.2, 0.25) is 0 Å². The van der Waals surface area contributed by atoms with Crippen LogP contribution < -0.4 is 0 Å². The van der Waals surface area contributed by atoms with E-state index < -0.39 is 0 Å². The molecule has 0 fully saturated rings. The zero-order valence-corrected chi connectivity index (χ0v) is 7.08. The highest BCUT2D eigenvalue weighted by atomic mass is 35.5. The van der Waals surface area contributed by atoms with Crippen LogP contribution in [0.1, 0.15) is 11.4 Å². The van der Waals surface area contributed by atoms with Crippen LogP contribution in [0.2, 0.25) is 5.02 Å². The highest BCUT2D eigenvalue weighted by Gasteiger charge is 1.95. The van der Waals surface area contributed by atoms with Gasteiger partial charge in [-0.1, -0.05) is 11.6 Å². The van der Waals surface area contributed by atoms with Crippen molar-refractivity contribution < 1.29 is 0 Å². The normalized spacial score (nSPS) is 9.90. The molecule has 0 aliphatic carbocycles. The quantitative estimate of drug-likeness (QED) is 0.599. The molecule has 10 heavy (non-hydrogen) atoms. The fourth-order valence-electron chi connectivity index (χ4n) is 0.760. The summed E-state index contributed by atoms with van der Waals surface area (Å²) in [6, 6.07) is 3.57. The Morgan fingerprint density at radius 3 is 2.70 bits per heavy atom. The Labute approximate surface area is 70.0 Å². The molecule has 0 bridgehead atoms. The first-order chi connectivity index (χ1) is 4.72. The highest BCUT2D eigenvalue weighted by molar-refractivity contribution is 6.30. The maximum absolute atomic E-state index is 5.73. The molecule has 0 aliphatic rings. The van der Waals surface area contributed by atoms with Crippen molar-refractivity contribution in [1.82, 2.24) is 4.98 Å². The van der Waals surface area contributed by atoms with Gasteiger partial charge < -0.3 is 0 Å². The van der Waals surface area contributed by atoms with Crippen LogP contribution in [0.25, 0.3) is 0 Å². The monoisotopic (exact) mass is 175 g/mol. The first-order valence-corrected chi connectivity index (χ1v) is 3.82. The second-order valence-corrected chi connectivity index (χ2v) is 2.76. The number of aromatic nitrogens is 1. The molecule has 1 aromatic rings. The lowest BCUT2D eigenvalue weighted by molar-refractivity contribution is 1.10. The number of aryl methyl sites for hydroxylation is 1. The van der Waals surface area contributed by atoms with Crippen molar-refractivity contribution in [2.75, 3.05) is 0 Å². The van der Waals surface area contributed by atoms with Crippen LogP contribution in [-0.2, 0) is 5.88 Å². The van der Waals surface area contributed by atoms with Gasteiger partial charge >= 0.3 is 0 Å². The number of hydrogen-bond donors (Lipinski definition) is 0. The molecule has 0 aliphatic heterocycles. The minimum atomic E-state index is 0.418. The van der Waals surface area contributed by atoms with Crippen LogP contribution in [0.15, 0.2) is 12.1 Å². The molecule has 0 radical (unpaired) electrons. The van der Waals surface area contributed by atoms with Crippen LogP contribution in [0, 0.1) is 6.92 Å². The minimum Gasteiger partial charge on any atom is -0.257 e. The Kier molecular flexibility index (Phi) is 2.52. The maximum atomic E-state index is 5.73. The number of rotatable bonds is 1. The van der Waals surface area contributed by atoms with Crippen molar-refractivity contribution in [1.29, 1.82) is 0 Å². The van der Waals surface area contributed by atoms with Gasteiger partial charge in [0.15, 0.2) is 0 Å². The van der Waals surface area contributed by atoms with E-state index in [1.807, 2.05) is 6.92 Å². The SMILES string of the molecule is Cc1cc(Cl)cc(CCl)n1. The number of hydrogen-bond acceptors (Lipinski definition) is 1. The molecule has 0 saturated carbocycles. The van der Waals surface area contributed by atoms with Gasteiger partial charge in [0.1, 0.15) is 0 Å². The summed E-state index contributed by atoms with van der Waals surface area (Å²) in [7, 11) is 0. The third-order valence-electron chi connectivity index (χ3n) is 1.11. The summed E-state index contributed by atoms with van der Waals surface area (Å²) >= 11 is 11.3. The number of alkyl halides is 1. The average Bonchev–Trinajstić information content (AvgIpc) is 1.85. The van der Waals surface area contributed by atoms with E-state index in [1.165, 1.54) is 0 Å². The summed E-state index contributed by atoms with van der Waals surface area (Å²) in [6.07, 6.45) is 0. The molecule has 1 heterocycles. The maximum Gasteiger partial charge on any atom is 0.0647 e. The summed E-state index contributed by atoms with van der Waals surface area (Å²) in [5.41, 5.74) is 1.73. The Morgan fingerprint density at radius 2 is 2.20 bits per heavy atom. The fraction of sp³-hybridized carbons (Fsp3) is 0.286. The molecular formula is C7H7Cl2N. The summed E-state index contributed by atoms with van der Waals surface area (Å²) in [4.78, 5) is 4.14. The summed E-state index contributed by atoms with van der Waals surface area (Å²) in [5.74, 6) is 0.418. The molecule has 0 unspecified atom stereocenters. The van der Waals surface area contributed by atoms with Gasteiger partial charge in [0, 0.05) is 10.7 Å². The summed E-state index contributed by atoms with van der Waals surface area (Å²) < 4.78 is 0. The van der Waals surface area contributed by atoms with E-state index in [0.717, 1.165) is 11.4 Å². The first kappa shape index (κ1) is 7.83. The molecule has 0 saturated heterocycles.